The van der Waals surface area contributed by atoms with Gasteiger partial charge in [0.25, 0.3) is 0 Å². The van der Waals surface area contributed by atoms with E-state index >= 15 is 0 Å². The Morgan fingerprint density at radius 1 is 1.29 bits per heavy atom. The molecule has 0 aliphatic heterocycles. The zero-order valence-electron chi connectivity index (χ0n) is 9.39. The average Bonchev–Trinajstić information content (AvgIpc) is 2.81. The second kappa shape index (κ2) is 4.33. The molecule has 3 N–H and O–H groups in total. The van der Waals surface area contributed by atoms with E-state index in [1.807, 2.05) is 17.4 Å². The number of hydrogen-bond acceptors (Lipinski definition) is 5. The van der Waals surface area contributed by atoms with Gasteiger partial charge in [-0.3, -0.25) is 0 Å². The first-order valence-electron chi connectivity index (χ1n) is 5.75. The summed E-state index contributed by atoms with van der Waals surface area (Å²) >= 11 is 1.85. The number of nitrogen functional groups attached to an aromatic ring is 1. The Bertz CT molecular complexity index is 505. The maximum atomic E-state index is 5.52. The second-order valence-corrected chi connectivity index (χ2v) is 5.23. The van der Waals surface area contributed by atoms with Gasteiger partial charge in [-0.2, -0.15) is 0 Å². The highest BCUT2D eigenvalue weighted by molar-refractivity contribution is 7.10. The molecule has 2 aromatic rings. The van der Waals surface area contributed by atoms with Crippen LogP contribution in [0.15, 0.2) is 23.6 Å². The molecule has 1 unspecified atom stereocenters. The first kappa shape index (κ1) is 10.5. The molecule has 4 nitrogen and oxygen atoms in total. The van der Waals surface area contributed by atoms with Crippen LogP contribution in [0.25, 0.3) is 0 Å². The minimum atomic E-state index is 0.364. The normalized spacial score (nSPS) is 18.7. The highest BCUT2D eigenvalue weighted by atomic mass is 32.1. The van der Waals surface area contributed by atoms with Crippen LogP contribution >= 0.6 is 11.3 Å². The van der Waals surface area contributed by atoms with Gasteiger partial charge in [-0.15, -0.1) is 21.5 Å². The Morgan fingerprint density at radius 3 is 3.06 bits per heavy atom. The average molecular weight is 246 g/mol. The van der Waals surface area contributed by atoms with Crippen molar-refractivity contribution in [2.24, 2.45) is 0 Å². The van der Waals surface area contributed by atoms with Crippen molar-refractivity contribution in [3.63, 3.8) is 0 Å². The lowest BCUT2D eigenvalue weighted by molar-refractivity contribution is 0.606. The number of fused-ring (bicyclic) bond motifs is 1. The highest BCUT2D eigenvalue weighted by Crippen LogP contribution is 2.35. The minimum absolute atomic E-state index is 0.364. The van der Waals surface area contributed by atoms with Gasteiger partial charge in [0, 0.05) is 4.88 Å². The molecule has 0 saturated carbocycles. The smallest absolute Gasteiger partial charge is 0.149 e. The molecule has 1 aliphatic carbocycles. The predicted octanol–water partition coefficient (Wildman–Crippen LogP) is 2.61. The van der Waals surface area contributed by atoms with Crippen LogP contribution in [0.3, 0.4) is 0 Å². The number of rotatable bonds is 2. The number of nitrogens with one attached hydrogen (secondary N) is 1. The van der Waals surface area contributed by atoms with Crippen LogP contribution in [0.4, 0.5) is 11.6 Å². The Hall–Kier alpha value is -1.62. The van der Waals surface area contributed by atoms with Crippen molar-refractivity contribution in [1.29, 1.82) is 0 Å². The van der Waals surface area contributed by atoms with Gasteiger partial charge in [0.2, 0.25) is 0 Å². The SMILES string of the molecule is Nc1ccc(NC2CCCc3sccc32)nn1. The molecule has 3 rings (SSSR count). The van der Waals surface area contributed by atoms with Crippen molar-refractivity contribution in [2.45, 2.75) is 25.3 Å². The summed E-state index contributed by atoms with van der Waals surface area (Å²) in [6.07, 6.45) is 3.59. The fourth-order valence-corrected chi connectivity index (χ4v) is 3.22. The van der Waals surface area contributed by atoms with Crippen molar-refractivity contribution >= 4 is 23.0 Å². The molecular formula is C12H14N4S. The number of aromatic nitrogens is 2. The molecule has 17 heavy (non-hydrogen) atoms. The van der Waals surface area contributed by atoms with Gasteiger partial charge < -0.3 is 11.1 Å². The number of hydrogen-bond donors (Lipinski definition) is 2. The van der Waals surface area contributed by atoms with Crippen LogP contribution in [0.5, 0.6) is 0 Å². The van der Waals surface area contributed by atoms with E-state index in [9.17, 15) is 0 Å². The van der Waals surface area contributed by atoms with Crippen LogP contribution in [0, 0.1) is 0 Å². The van der Waals surface area contributed by atoms with Gasteiger partial charge in [-0.05, 0) is 48.4 Å². The predicted molar refractivity (Wildman–Crippen MR) is 70.1 cm³/mol. The topological polar surface area (TPSA) is 63.8 Å². The van der Waals surface area contributed by atoms with Crippen molar-refractivity contribution in [3.05, 3.63) is 34.0 Å². The number of thiophene rings is 1. The lowest BCUT2D eigenvalue weighted by atomic mass is 9.94. The van der Waals surface area contributed by atoms with Crippen molar-refractivity contribution in [2.75, 3.05) is 11.1 Å². The van der Waals surface area contributed by atoms with E-state index in [-0.39, 0.29) is 0 Å². The Labute approximate surface area is 104 Å². The molecular weight excluding hydrogens is 232 g/mol. The molecule has 0 amide bonds. The minimum Gasteiger partial charge on any atom is -0.382 e. The summed E-state index contributed by atoms with van der Waals surface area (Å²) in [6.45, 7) is 0. The molecule has 0 fully saturated rings. The van der Waals surface area contributed by atoms with E-state index in [1.54, 1.807) is 6.07 Å². The molecule has 1 atom stereocenters. The van der Waals surface area contributed by atoms with Crippen molar-refractivity contribution in [3.8, 4) is 0 Å². The number of nitrogens with two attached hydrogens (primary N) is 1. The van der Waals surface area contributed by atoms with Crippen LogP contribution in [0.2, 0.25) is 0 Å². The first-order chi connectivity index (χ1) is 8.33. The third-order valence-corrected chi connectivity index (χ3v) is 4.06. The van der Waals surface area contributed by atoms with E-state index in [0.29, 0.717) is 11.9 Å². The van der Waals surface area contributed by atoms with Crippen molar-refractivity contribution < 1.29 is 0 Å². The largest absolute Gasteiger partial charge is 0.382 e. The van der Waals surface area contributed by atoms with Crippen LogP contribution < -0.4 is 11.1 Å². The first-order valence-corrected chi connectivity index (χ1v) is 6.63. The summed E-state index contributed by atoms with van der Waals surface area (Å²) in [7, 11) is 0. The van der Waals surface area contributed by atoms with Gasteiger partial charge in [-0.25, -0.2) is 0 Å². The van der Waals surface area contributed by atoms with Crippen LogP contribution in [-0.2, 0) is 6.42 Å². The summed E-state index contributed by atoms with van der Waals surface area (Å²) in [4.78, 5) is 1.50. The third-order valence-electron chi connectivity index (χ3n) is 3.06. The van der Waals surface area contributed by atoms with Crippen LogP contribution in [0.1, 0.15) is 29.3 Å². The molecule has 5 heteroatoms. The fraction of sp³-hybridized carbons (Fsp3) is 0.333. The number of nitrogens with zero attached hydrogens (tertiary/aromatic N) is 2. The van der Waals surface area contributed by atoms with E-state index < -0.39 is 0 Å². The van der Waals surface area contributed by atoms with Gasteiger partial charge in [0.15, 0.2) is 0 Å². The lowest BCUT2D eigenvalue weighted by Gasteiger charge is -2.23. The molecule has 2 heterocycles. The van der Waals surface area contributed by atoms with E-state index in [4.69, 9.17) is 5.73 Å². The number of aryl methyl sites for hydroxylation is 1. The van der Waals surface area contributed by atoms with E-state index in [0.717, 1.165) is 12.2 Å². The molecule has 0 saturated heterocycles. The second-order valence-electron chi connectivity index (χ2n) is 4.23. The Balaban J connectivity index is 1.81. The van der Waals surface area contributed by atoms with Crippen LogP contribution in [-0.4, -0.2) is 10.2 Å². The molecule has 0 bridgehead atoms. The lowest BCUT2D eigenvalue weighted by Crippen LogP contribution is -2.16. The summed E-state index contributed by atoms with van der Waals surface area (Å²) in [5.74, 6) is 1.25. The third kappa shape index (κ3) is 2.10. The molecule has 0 spiro atoms. The quantitative estimate of drug-likeness (QED) is 0.855. The molecule has 1 aliphatic rings. The molecule has 0 radical (unpaired) electrons. The van der Waals surface area contributed by atoms with E-state index in [2.05, 4.69) is 27.0 Å². The van der Waals surface area contributed by atoms with Crippen molar-refractivity contribution in [1.82, 2.24) is 10.2 Å². The van der Waals surface area contributed by atoms with E-state index in [1.165, 1.54) is 23.3 Å². The summed E-state index contributed by atoms with van der Waals surface area (Å²) in [5.41, 5.74) is 6.94. The maximum Gasteiger partial charge on any atom is 0.149 e. The summed E-state index contributed by atoms with van der Waals surface area (Å²) in [6, 6.07) is 6.22. The maximum absolute atomic E-state index is 5.52. The van der Waals surface area contributed by atoms with Gasteiger partial charge in [-0.1, -0.05) is 0 Å². The Morgan fingerprint density at radius 2 is 2.24 bits per heavy atom. The fourth-order valence-electron chi connectivity index (χ4n) is 2.23. The summed E-state index contributed by atoms with van der Waals surface area (Å²) in [5, 5.41) is 13.5. The standard InChI is InChI=1S/C12H14N4S/c13-11-4-5-12(16-15-11)14-9-2-1-3-10-8(9)6-7-17-10/h4-7,9H,1-3H2,(H2,13,15)(H,14,16). The Kier molecular flexibility index (Phi) is 2.68. The van der Waals surface area contributed by atoms with Gasteiger partial charge >= 0.3 is 0 Å². The molecule has 2 aromatic heterocycles. The zero-order valence-corrected chi connectivity index (χ0v) is 10.2. The zero-order chi connectivity index (χ0) is 11.7. The molecule has 88 valence electrons. The molecule has 0 aromatic carbocycles. The monoisotopic (exact) mass is 246 g/mol. The van der Waals surface area contributed by atoms with Gasteiger partial charge in [0.1, 0.15) is 11.6 Å². The number of anilines is 2. The highest BCUT2D eigenvalue weighted by Gasteiger charge is 2.21. The van der Waals surface area contributed by atoms with Gasteiger partial charge in [0.05, 0.1) is 6.04 Å². The summed E-state index contributed by atoms with van der Waals surface area (Å²) < 4.78 is 0.